The number of hydrogen-bond donors (Lipinski definition) is 2. The second kappa shape index (κ2) is 7.34. The highest BCUT2D eigenvalue weighted by atomic mass is 19.1. The van der Waals surface area contributed by atoms with Crippen LogP contribution >= 0.6 is 0 Å². The van der Waals surface area contributed by atoms with Crippen LogP contribution in [0.3, 0.4) is 0 Å². The summed E-state index contributed by atoms with van der Waals surface area (Å²) >= 11 is 0. The molecule has 0 radical (unpaired) electrons. The zero-order valence-electron chi connectivity index (χ0n) is 18.1. The molecule has 1 unspecified atom stereocenters. The van der Waals surface area contributed by atoms with Crippen molar-refractivity contribution in [2.75, 3.05) is 18.0 Å². The van der Waals surface area contributed by atoms with Gasteiger partial charge in [-0.05, 0) is 60.6 Å². The van der Waals surface area contributed by atoms with Crippen LogP contribution in [0.2, 0.25) is 0 Å². The summed E-state index contributed by atoms with van der Waals surface area (Å²) in [4.78, 5) is 14.1. The maximum atomic E-state index is 14.9. The summed E-state index contributed by atoms with van der Waals surface area (Å²) in [7, 11) is 0. The summed E-state index contributed by atoms with van der Waals surface area (Å²) in [5, 5.41) is 10.7. The topological polar surface area (TPSA) is 71.5 Å². The van der Waals surface area contributed by atoms with Gasteiger partial charge in [-0.1, -0.05) is 25.3 Å². The Hall–Kier alpha value is -2.86. The summed E-state index contributed by atoms with van der Waals surface area (Å²) < 4.78 is 17.2. The lowest BCUT2D eigenvalue weighted by atomic mass is 9.81. The number of nitrogens with two attached hydrogens (primary N) is 1. The standard InChI is InChI=1S/C26H28FN3O2/c27-17-13-19-21(28)8-9-29-10-11-30-22-12-16(26(31)32)6-7-18(22)23(15-4-2-1-3-5-15)25(30)20(14-17)24(19)29/h6-7,12-15,21H,1-5,8-11,28H2,(H,31,32). The van der Waals surface area contributed by atoms with Gasteiger partial charge in [-0.25, -0.2) is 9.18 Å². The van der Waals surface area contributed by atoms with E-state index in [1.165, 1.54) is 24.8 Å². The van der Waals surface area contributed by atoms with E-state index in [2.05, 4.69) is 9.47 Å². The number of carbonyl (C=O) groups is 1. The van der Waals surface area contributed by atoms with Crippen LogP contribution in [0.15, 0.2) is 30.3 Å². The van der Waals surface area contributed by atoms with Crippen molar-refractivity contribution in [3.8, 4) is 11.3 Å². The van der Waals surface area contributed by atoms with Crippen molar-refractivity contribution in [2.24, 2.45) is 5.73 Å². The highest BCUT2D eigenvalue weighted by Crippen LogP contribution is 2.50. The van der Waals surface area contributed by atoms with Gasteiger partial charge in [-0.3, -0.25) is 0 Å². The molecule has 0 bridgehead atoms. The van der Waals surface area contributed by atoms with Crippen LogP contribution in [0.25, 0.3) is 22.2 Å². The van der Waals surface area contributed by atoms with Gasteiger partial charge in [0.05, 0.1) is 16.9 Å². The van der Waals surface area contributed by atoms with Crippen LogP contribution in [0.4, 0.5) is 10.1 Å². The van der Waals surface area contributed by atoms with Gasteiger partial charge in [0.2, 0.25) is 0 Å². The van der Waals surface area contributed by atoms with Gasteiger partial charge in [-0.2, -0.15) is 0 Å². The summed E-state index contributed by atoms with van der Waals surface area (Å²) in [5.41, 5.74) is 12.9. The number of fused-ring (bicyclic) bond motifs is 4. The van der Waals surface area contributed by atoms with Crippen LogP contribution in [0, 0.1) is 5.82 Å². The molecule has 3 N–H and O–H groups in total. The number of hydrogen-bond acceptors (Lipinski definition) is 3. The Balaban J connectivity index is 1.70. The van der Waals surface area contributed by atoms with Gasteiger partial charge in [0.25, 0.3) is 0 Å². The number of aromatic nitrogens is 1. The molecule has 3 aliphatic rings. The SMILES string of the molecule is NC1CCN2CCn3c(c(C4CCCCC4)c4ccc(C(=O)O)cc43)-c3cc(F)cc1c32. The fraction of sp³-hybridized carbons (Fsp3) is 0.423. The Morgan fingerprint density at radius 3 is 2.62 bits per heavy atom. The normalized spacial score (nSPS) is 20.7. The fourth-order valence-electron chi connectivity index (χ4n) is 6.28. The van der Waals surface area contributed by atoms with E-state index in [4.69, 9.17) is 5.73 Å². The van der Waals surface area contributed by atoms with Crippen LogP contribution < -0.4 is 10.6 Å². The van der Waals surface area contributed by atoms with E-state index in [-0.39, 0.29) is 11.9 Å². The van der Waals surface area contributed by atoms with Crippen molar-refractivity contribution in [3.05, 3.63) is 52.8 Å². The molecule has 2 aliphatic heterocycles. The van der Waals surface area contributed by atoms with E-state index >= 15 is 0 Å². The molecule has 1 aliphatic carbocycles. The number of rotatable bonds is 2. The van der Waals surface area contributed by atoms with Gasteiger partial charge in [-0.15, -0.1) is 0 Å². The Bertz CT molecular complexity index is 1240. The molecule has 5 nitrogen and oxygen atoms in total. The molecule has 6 rings (SSSR count). The third-order valence-corrected chi connectivity index (χ3v) is 7.74. The maximum absolute atomic E-state index is 14.9. The quantitative estimate of drug-likeness (QED) is 0.566. The summed E-state index contributed by atoms with van der Waals surface area (Å²) in [6.45, 7) is 2.40. The van der Waals surface area contributed by atoms with E-state index in [0.29, 0.717) is 11.5 Å². The highest BCUT2D eigenvalue weighted by Gasteiger charge is 2.34. The number of anilines is 1. The first-order valence-corrected chi connectivity index (χ1v) is 11.8. The van der Waals surface area contributed by atoms with Gasteiger partial charge >= 0.3 is 5.97 Å². The first-order valence-electron chi connectivity index (χ1n) is 11.8. The van der Waals surface area contributed by atoms with Crippen molar-refractivity contribution >= 4 is 22.6 Å². The van der Waals surface area contributed by atoms with Gasteiger partial charge in [0.15, 0.2) is 0 Å². The average molecular weight is 434 g/mol. The monoisotopic (exact) mass is 433 g/mol. The minimum Gasteiger partial charge on any atom is -0.478 e. The zero-order chi connectivity index (χ0) is 22.0. The largest absolute Gasteiger partial charge is 0.478 e. The second-order valence-electron chi connectivity index (χ2n) is 9.56. The van der Waals surface area contributed by atoms with Gasteiger partial charge in [0, 0.05) is 42.1 Å². The predicted octanol–water partition coefficient (Wildman–Crippen LogP) is 5.42. The maximum Gasteiger partial charge on any atom is 0.335 e. The smallest absolute Gasteiger partial charge is 0.335 e. The van der Waals surface area contributed by atoms with Crippen molar-refractivity contribution in [1.29, 1.82) is 0 Å². The molecule has 1 aromatic heterocycles. The molecule has 3 heterocycles. The van der Waals surface area contributed by atoms with E-state index in [1.807, 2.05) is 6.07 Å². The van der Waals surface area contributed by atoms with Crippen molar-refractivity contribution < 1.29 is 14.3 Å². The number of halogens is 1. The minimum absolute atomic E-state index is 0.164. The van der Waals surface area contributed by atoms with E-state index in [0.717, 1.165) is 72.3 Å². The van der Waals surface area contributed by atoms with Crippen LogP contribution in [0.1, 0.15) is 72.0 Å². The molecule has 3 aromatic rings. The lowest BCUT2D eigenvalue weighted by molar-refractivity contribution is 0.0697. The first-order chi connectivity index (χ1) is 15.5. The molecule has 0 spiro atoms. The third-order valence-electron chi connectivity index (χ3n) is 7.74. The molecule has 32 heavy (non-hydrogen) atoms. The minimum atomic E-state index is -0.922. The van der Waals surface area contributed by atoms with Gasteiger partial charge < -0.3 is 20.3 Å². The Morgan fingerprint density at radius 1 is 1.03 bits per heavy atom. The van der Waals surface area contributed by atoms with Gasteiger partial charge in [0.1, 0.15) is 5.82 Å². The fourth-order valence-corrected chi connectivity index (χ4v) is 6.28. The molecule has 1 saturated carbocycles. The predicted molar refractivity (Wildman–Crippen MR) is 124 cm³/mol. The molecule has 0 saturated heterocycles. The summed E-state index contributed by atoms with van der Waals surface area (Å²) in [6, 6.07) is 8.60. The van der Waals surface area contributed by atoms with Crippen LogP contribution in [-0.4, -0.2) is 28.7 Å². The zero-order valence-corrected chi connectivity index (χ0v) is 18.1. The Morgan fingerprint density at radius 2 is 1.84 bits per heavy atom. The number of aromatic carboxylic acids is 1. The molecule has 2 aromatic carbocycles. The Labute approximate surface area is 186 Å². The van der Waals surface area contributed by atoms with E-state index < -0.39 is 5.97 Å². The van der Waals surface area contributed by atoms with Crippen molar-refractivity contribution in [1.82, 2.24) is 4.57 Å². The summed E-state index contributed by atoms with van der Waals surface area (Å²) in [6.07, 6.45) is 6.70. The highest BCUT2D eigenvalue weighted by molar-refractivity contribution is 6.00. The number of benzene rings is 2. The molecular weight excluding hydrogens is 405 g/mol. The molecule has 166 valence electrons. The van der Waals surface area contributed by atoms with E-state index in [1.54, 1.807) is 24.3 Å². The lowest BCUT2D eigenvalue weighted by Crippen LogP contribution is -2.35. The van der Waals surface area contributed by atoms with Crippen LogP contribution in [-0.2, 0) is 6.54 Å². The molecule has 1 fully saturated rings. The number of carboxylic acids is 1. The average Bonchev–Trinajstić information content (AvgIpc) is 3.03. The third kappa shape index (κ3) is 2.89. The lowest BCUT2D eigenvalue weighted by Gasteiger charge is -2.35. The number of nitrogens with zero attached hydrogens (tertiary/aromatic N) is 2. The van der Waals surface area contributed by atoms with Crippen molar-refractivity contribution in [3.63, 3.8) is 0 Å². The van der Waals surface area contributed by atoms with Crippen molar-refractivity contribution in [2.45, 2.75) is 57.0 Å². The molecular formula is C26H28FN3O2. The van der Waals surface area contributed by atoms with Crippen LogP contribution in [0.5, 0.6) is 0 Å². The number of carboxylic acid groups (broad SMARTS) is 1. The molecule has 1 atom stereocenters. The Kier molecular flexibility index (Phi) is 4.54. The second-order valence-corrected chi connectivity index (χ2v) is 9.56. The molecule has 6 heteroatoms. The molecule has 0 amide bonds. The summed E-state index contributed by atoms with van der Waals surface area (Å²) in [5.74, 6) is -0.772. The van der Waals surface area contributed by atoms with E-state index in [9.17, 15) is 14.3 Å². The first kappa shape index (κ1) is 19.8.